The molecule has 0 aliphatic rings. The molecule has 1 heterocycles. The van der Waals surface area contributed by atoms with Gasteiger partial charge >= 0.3 is 0 Å². The number of benzene rings is 2. The first-order chi connectivity index (χ1) is 13.1. The van der Waals surface area contributed by atoms with Crippen molar-refractivity contribution >= 4 is 29.2 Å². The van der Waals surface area contributed by atoms with Gasteiger partial charge in [-0.25, -0.2) is 4.98 Å². The molecule has 0 atom stereocenters. The third-order valence-electron chi connectivity index (χ3n) is 3.81. The van der Waals surface area contributed by atoms with Gasteiger partial charge in [0.2, 0.25) is 0 Å². The zero-order valence-corrected chi connectivity index (χ0v) is 14.9. The number of para-hydroxylation sites is 1. The van der Waals surface area contributed by atoms with Crippen LogP contribution in [-0.2, 0) is 0 Å². The SMILES string of the molecule is C=CCOc1ccc(/C=C/c2nc3c(C(=O)[O-])cccc3[nH]2)cc1OCC. The second-order valence-corrected chi connectivity index (χ2v) is 5.68. The Labute approximate surface area is 156 Å². The third kappa shape index (κ3) is 4.17. The lowest BCUT2D eigenvalue weighted by Crippen LogP contribution is -2.22. The fourth-order valence-corrected chi connectivity index (χ4v) is 2.63. The largest absolute Gasteiger partial charge is 0.545 e. The molecule has 0 amide bonds. The van der Waals surface area contributed by atoms with E-state index in [0.29, 0.717) is 41.6 Å². The fourth-order valence-electron chi connectivity index (χ4n) is 2.63. The Morgan fingerprint density at radius 3 is 2.81 bits per heavy atom. The van der Waals surface area contributed by atoms with Crippen LogP contribution in [0.5, 0.6) is 11.5 Å². The van der Waals surface area contributed by atoms with Gasteiger partial charge in [-0.1, -0.05) is 36.9 Å². The Morgan fingerprint density at radius 2 is 2.07 bits per heavy atom. The lowest BCUT2D eigenvalue weighted by Gasteiger charge is -2.11. The van der Waals surface area contributed by atoms with Crippen LogP contribution in [0.3, 0.4) is 0 Å². The first-order valence-corrected chi connectivity index (χ1v) is 8.51. The lowest BCUT2D eigenvalue weighted by atomic mass is 10.2. The summed E-state index contributed by atoms with van der Waals surface area (Å²) in [6.07, 6.45) is 5.30. The van der Waals surface area contributed by atoms with Gasteiger partial charge in [-0.2, -0.15) is 0 Å². The number of ether oxygens (including phenoxy) is 2. The highest BCUT2D eigenvalue weighted by Gasteiger charge is 2.07. The summed E-state index contributed by atoms with van der Waals surface area (Å²) < 4.78 is 11.2. The van der Waals surface area contributed by atoms with Crippen LogP contribution in [0.15, 0.2) is 49.1 Å². The van der Waals surface area contributed by atoms with E-state index < -0.39 is 5.97 Å². The number of nitrogens with zero attached hydrogens (tertiary/aromatic N) is 1. The number of aromatic nitrogens is 2. The first-order valence-electron chi connectivity index (χ1n) is 8.51. The number of carboxylic acids is 1. The first kappa shape index (κ1) is 18.3. The summed E-state index contributed by atoms with van der Waals surface area (Å²) in [5.74, 6) is 0.587. The van der Waals surface area contributed by atoms with Gasteiger partial charge in [-0.15, -0.1) is 0 Å². The highest BCUT2D eigenvalue weighted by atomic mass is 16.5. The van der Waals surface area contributed by atoms with E-state index in [-0.39, 0.29) is 5.56 Å². The van der Waals surface area contributed by atoms with Crippen molar-refractivity contribution in [2.75, 3.05) is 13.2 Å². The Morgan fingerprint density at radius 1 is 1.22 bits per heavy atom. The normalized spacial score (nSPS) is 11.0. The number of imidazole rings is 1. The molecule has 0 saturated heterocycles. The molecule has 6 heteroatoms. The average molecular weight is 363 g/mol. The van der Waals surface area contributed by atoms with Crippen molar-refractivity contribution in [1.82, 2.24) is 9.97 Å². The van der Waals surface area contributed by atoms with Crippen molar-refractivity contribution in [1.29, 1.82) is 0 Å². The van der Waals surface area contributed by atoms with Crippen LogP contribution < -0.4 is 14.6 Å². The summed E-state index contributed by atoms with van der Waals surface area (Å²) in [7, 11) is 0. The minimum Gasteiger partial charge on any atom is -0.545 e. The smallest absolute Gasteiger partial charge is 0.161 e. The van der Waals surface area contributed by atoms with Gasteiger partial charge in [-0.3, -0.25) is 0 Å². The van der Waals surface area contributed by atoms with E-state index in [9.17, 15) is 9.90 Å². The number of carbonyl (C=O) groups is 1. The zero-order valence-electron chi connectivity index (χ0n) is 14.9. The molecule has 0 saturated carbocycles. The van der Waals surface area contributed by atoms with Gasteiger partial charge in [0.15, 0.2) is 11.5 Å². The zero-order chi connectivity index (χ0) is 19.2. The molecule has 1 aromatic heterocycles. The topological polar surface area (TPSA) is 87.3 Å². The maximum atomic E-state index is 11.2. The number of hydrogen-bond donors (Lipinski definition) is 1. The molecule has 0 aliphatic heterocycles. The number of aromatic amines is 1. The summed E-state index contributed by atoms with van der Waals surface area (Å²) >= 11 is 0. The quantitative estimate of drug-likeness (QED) is 0.622. The monoisotopic (exact) mass is 363 g/mol. The summed E-state index contributed by atoms with van der Waals surface area (Å²) in [6, 6.07) is 10.5. The molecule has 3 aromatic rings. The molecular formula is C21H19N2O4-. The standard InChI is InChI=1S/C21H20N2O4/c1-3-12-27-17-10-8-14(13-18(17)26-4-2)9-11-19-22-16-7-5-6-15(21(24)25)20(16)23-19/h3,5-11,13H,1,4,12H2,2H3,(H,22,23)(H,24,25)/p-1/b11-9+. The van der Waals surface area contributed by atoms with Crippen molar-refractivity contribution in [3.8, 4) is 11.5 Å². The molecule has 3 rings (SSSR count). The molecule has 0 aliphatic carbocycles. The van der Waals surface area contributed by atoms with E-state index in [2.05, 4.69) is 16.5 Å². The third-order valence-corrected chi connectivity index (χ3v) is 3.81. The number of H-pyrrole nitrogens is 1. The number of rotatable bonds is 8. The summed E-state index contributed by atoms with van der Waals surface area (Å²) in [5.41, 5.74) is 1.97. The summed E-state index contributed by atoms with van der Waals surface area (Å²) in [4.78, 5) is 18.6. The Hall–Kier alpha value is -3.54. The van der Waals surface area contributed by atoms with Crippen molar-refractivity contribution in [3.05, 3.63) is 66.0 Å². The molecular weight excluding hydrogens is 344 g/mol. The number of fused-ring (bicyclic) bond motifs is 1. The van der Waals surface area contributed by atoms with Gasteiger partial charge < -0.3 is 24.4 Å². The average Bonchev–Trinajstić information content (AvgIpc) is 3.08. The minimum atomic E-state index is -1.25. The van der Waals surface area contributed by atoms with Gasteiger partial charge in [0.05, 0.1) is 23.6 Å². The highest BCUT2D eigenvalue weighted by molar-refractivity contribution is 6.00. The van der Waals surface area contributed by atoms with Crippen LogP contribution >= 0.6 is 0 Å². The van der Waals surface area contributed by atoms with Crippen molar-refractivity contribution in [2.45, 2.75) is 6.92 Å². The number of carbonyl (C=O) groups excluding carboxylic acids is 1. The predicted octanol–water partition coefficient (Wildman–Crippen LogP) is 3.06. The number of aromatic carboxylic acids is 1. The second-order valence-electron chi connectivity index (χ2n) is 5.68. The summed E-state index contributed by atoms with van der Waals surface area (Å²) in [5, 5.41) is 11.2. The van der Waals surface area contributed by atoms with E-state index in [1.165, 1.54) is 6.07 Å². The molecule has 1 N–H and O–H groups in total. The molecule has 138 valence electrons. The van der Waals surface area contributed by atoms with Crippen LogP contribution in [0.1, 0.15) is 28.7 Å². The van der Waals surface area contributed by atoms with Gasteiger partial charge in [0.25, 0.3) is 0 Å². The second kappa shape index (κ2) is 8.23. The Bertz CT molecular complexity index is 1000. The van der Waals surface area contributed by atoms with Crippen molar-refractivity contribution in [3.63, 3.8) is 0 Å². The van der Waals surface area contributed by atoms with Crippen LogP contribution in [-0.4, -0.2) is 29.2 Å². The summed E-state index contributed by atoms with van der Waals surface area (Å²) in [6.45, 7) is 6.46. The van der Waals surface area contributed by atoms with Crippen LogP contribution in [0, 0.1) is 0 Å². The van der Waals surface area contributed by atoms with Crippen LogP contribution in [0.4, 0.5) is 0 Å². The molecule has 0 spiro atoms. The van der Waals surface area contributed by atoms with E-state index in [1.54, 1.807) is 24.3 Å². The van der Waals surface area contributed by atoms with Gasteiger partial charge in [-0.05, 0) is 36.8 Å². The van der Waals surface area contributed by atoms with Crippen LogP contribution in [0.2, 0.25) is 0 Å². The highest BCUT2D eigenvalue weighted by Crippen LogP contribution is 2.29. The van der Waals surface area contributed by atoms with E-state index in [1.807, 2.05) is 31.2 Å². The maximum Gasteiger partial charge on any atom is 0.161 e. The van der Waals surface area contributed by atoms with Crippen molar-refractivity contribution in [2.24, 2.45) is 0 Å². The molecule has 0 fully saturated rings. The molecule has 2 aromatic carbocycles. The van der Waals surface area contributed by atoms with E-state index in [4.69, 9.17) is 9.47 Å². The fraction of sp³-hybridized carbons (Fsp3) is 0.143. The predicted molar refractivity (Wildman–Crippen MR) is 103 cm³/mol. The Kier molecular flexibility index (Phi) is 5.56. The number of hydrogen-bond acceptors (Lipinski definition) is 5. The van der Waals surface area contributed by atoms with Crippen LogP contribution in [0.25, 0.3) is 23.2 Å². The number of carboxylic acid groups (broad SMARTS) is 1. The maximum absolute atomic E-state index is 11.2. The molecule has 27 heavy (non-hydrogen) atoms. The molecule has 0 radical (unpaired) electrons. The van der Waals surface area contributed by atoms with Gasteiger partial charge in [0.1, 0.15) is 12.4 Å². The van der Waals surface area contributed by atoms with E-state index >= 15 is 0 Å². The van der Waals surface area contributed by atoms with Gasteiger partial charge in [0, 0.05) is 5.56 Å². The Balaban J connectivity index is 1.88. The molecule has 0 unspecified atom stereocenters. The minimum absolute atomic E-state index is 0.0609. The number of nitrogens with one attached hydrogen (secondary N) is 1. The van der Waals surface area contributed by atoms with E-state index in [0.717, 1.165) is 5.56 Å². The van der Waals surface area contributed by atoms with Crippen molar-refractivity contribution < 1.29 is 19.4 Å². The lowest BCUT2D eigenvalue weighted by molar-refractivity contribution is -0.254. The molecule has 0 bridgehead atoms. The molecule has 6 nitrogen and oxygen atoms in total.